The van der Waals surface area contributed by atoms with Crippen molar-refractivity contribution in [3.05, 3.63) is 0 Å². The number of carbonyl (C=O) groups is 1. The molecule has 1 saturated heterocycles. The second-order valence-corrected chi connectivity index (χ2v) is 7.41. The lowest BCUT2D eigenvalue weighted by Crippen LogP contribution is -2.52. The Morgan fingerprint density at radius 3 is 2.53 bits per heavy atom. The van der Waals surface area contributed by atoms with Gasteiger partial charge in [0.25, 0.3) is 0 Å². The second kappa shape index (κ2) is 6.86. The Hall–Kier alpha value is 0.0700. The van der Waals surface area contributed by atoms with Crippen molar-refractivity contribution in [3.8, 4) is 0 Å². The summed E-state index contributed by atoms with van der Waals surface area (Å²) in [6.45, 7) is 10.2. The number of hydrogen-bond donors (Lipinski definition) is 1. The van der Waals surface area contributed by atoms with E-state index in [2.05, 4.69) is 27.7 Å². The maximum atomic E-state index is 12.1. The van der Waals surface area contributed by atoms with E-state index in [1.165, 1.54) is 0 Å². The molecule has 17 heavy (non-hydrogen) atoms. The third kappa shape index (κ3) is 5.49. The van der Waals surface area contributed by atoms with Crippen LogP contribution in [0.1, 0.15) is 34.1 Å². The lowest BCUT2D eigenvalue weighted by atomic mass is 10.0. The van der Waals surface area contributed by atoms with E-state index in [4.69, 9.17) is 5.73 Å². The molecule has 0 saturated carbocycles. The molecular formula is C12H25ClN2OS. The average molecular weight is 281 g/mol. The zero-order valence-electron chi connectivity index (χ0n) is 11.2. The van der Waals surface area contributed by atoms with E-state index in [0.717, 1.165) is 25.3 Å². The highest BCUT2D eigenvalue weighted by Crippen LogP contribution is 2.29. The monoisotopic (exact) mass is 280 g/mol. The lowest BCUT2D eigenvalue weighted by molar-refractivity contribution is -0.133. The smallest absolute Gasteiger partial charge is 0.239 e. The van der Waals surface area contributed by atoms with Crippen LogP contribution in [0.15, 0.2) is 0 Å². The average Bonchev–Trinajstić information content (AvgIpc) is 2.13. The van der Waals surface area contributed by atoms with Crippen LogP contribution < -0.4 is 5.73 Å². The number of thioether (sulfide) groups is 1. The minimum absolute atomic E-state index is 0. The predicted octanol–water partition coefficient (Wildman–Crippen LogP) is 2.14. The van der Waals surface area contributed by atoms with Gasteiger partial charge in [-0.25, -0.2) is 0 Å². The highest BCUT2D eigenvalue weighted by Gasteiger charge is 2.31. The van der Waals surface area contributed by atoms with Gasteiger partial charge in [-0.15, -0.1) is 12.4 Å². The van der Waals surface area contributed by atoms with Gasteiger partial charge in [-0.05, 0) is 26.2 Å². The van der Waals surface area contributed by atoms with E-state index in [1.54, 1.807) is 0 Å². The van der Waals surface area contributed by atoms with Gasteiger partial charge in [0, 0.05) is 23.6 Å². The van der Waals surface area contributed by atoms with Gasteiger partial charge >= 0.3 is 0 Å². The maximum Gasteiger partial charge on any atom is 0.239 e. The number of rotatable bonds is 3. The Labute approximate surface area is 115 Å². The summed E-state index contributed by atoms with van der Waals surface area (Å²) in [5.74, 6) is 1.63. The molecule has 0 aromatic heterocycles. The van der Waals surface area contributed by atoms with E-state index >= 15 is 0 Å². The summed E-state index contributed by atoms with van der Waals surface area (Å²) in [6, 6.07) is -0.320. The third-order valence-corrected chi connectivity index (χ3v) is 4.08. The first-order valence-electron chi connectivity index (χ1n) is 6.00. The summed E-state index contributed by atoms with van der Waals surface area (Å²) < 4.78 is 0.172. The molecule has 0 aromatic rings. The van der Waals surface area contributed by atoms with Crippen molar-refractivity contribution in [1.82, 2.24) is 4.90 Å². The van der Waals surface area contributed by atoms with Crippen molar-refractivity contribution in [2.45, 2.75) is 44.9 Å². The van der Waals surface area contributed by atoms with Crippen LogP contribution >= 0.6 is 24.2 Å². The Morgan fingerprint density at radius 1 is 1.47 bits per heavy atom. The van der Waals surface area contributed by atoms with E-state index in [0.29, 0.717) is 5.92 Å². The highest BCUT2D eigenvalue weighted by molar-refractivity contribution is 8.00. The quantitative estimate of drug-likeness (QED) is 0.862. The van der Waals surface area contributed by atoms with Crippen LogP contribution in [0, 0.1) is 5.92 Å². The van der Waals surface area contributed by atoms with Gasteiger partial charge in [0.05, 0.1) is 6.04 Å². The van der Waals surface area contributed by atoms with E-state index in [-0.39, 0.29) is 29.1 Å². The number of hydrogen-bond acceptors (Lipinski definition) is 3. The molecule has 3 nitrogen and oxygen atoms in total. The zero-order chi connectivity index (χ0) is 12.3. The molecule has 1 heterocycles. The summed E-state index contributed by atoms with van der Waals surface area (Å²) >= 11 is 1.93. The van der Waals surface area contributed by atoms with E-state index in [9.17, 15) is 4.79 Å². The Bertz CT molecular complexity index is 259. The van der Waals surface area contributed by atoms with Gasteiger partial charge in [-0.3, -0.25) is 4.79 Å². The number of nitrogens with zero attached hydrogens (tertiary/aromatic N) is 1. The lowest BCUT2D eigenvalue weighted by Gasteiger charge is -2.38. The van der Waals surface area contributed by atoms with Crippen molar-refractivity contribution in [3.63, 3.8) is 0 Å². The van der Waals surface area contributed by atoms with Gasteiger partial charge in [-0.1, -0.05) is 13.8 Å². The first kappa shape index (κ1) is 17.1. The van der Waals surface area contributed by atoms with Crippen molar-refractivity contribution in [1.29, 1.82) is 0 Å². The fraction of sp³-hybridized carbons (Fsp3) is 0.917. The normalized spacial score (nSPS) is 20.9. The van der Waals surface area contributed by atoms with Crippen LogP contribution in [0.5, 0.6) is 0 Å². The zero-order valence-corrected chi connectivity index (χ0v) is 12.9. The summed E-state index contributed by atoms with van der Waals surface area (Å²) in [4.78, 5) is 14.0. The molecule has 1 aliphatic rings. The van der Waals surface area contributed by atoms with Crippen LogP contribution in [0.4, 0.5) is 0 Å². The molecule has 2 N–H and O–H groups in total. The largest absolute Gasteiger partial charge is 0.339 e. The molecular weight excluding hydrogens is 256 g/mol. The molecule has 1 fully saturated rings. The summed E-state index contributed by atoms with van der Waals surface area (Å²) in [7, 11) is 0. The molecule has 0 aliphatic carbocycles. The van der Waals surface area contributed by atoms with Crippen molar-refractivity contribution < 1.29 is 4.79 Å². The standard InChI is InChI=1S/C12H24N2OS.ClH/c1-9(2)7-10(13)11(15)14-5-6-16-12(3,4)8-14;/h9-10H,5-8,13H2,1-4H3;1H/t10-;/m0./s1. The first-order valence-corrected chi connectivity index (χ1v) is 6.99. The Morgan fingerprint density at radius 2 is 2.06 bits per heavy atom. The fourth-order valence-electron chi connectivity index (χ4n) is 2.05. The highest BCUT2D eigenvalue weighted by atomic mass is 35.5. The van der Waals surface area contributed by atoms with Crippen LogP contribution in [0.25, 0.3) is 0 Å². The SMILES string of the molecule is CC(C)C[C@H](N)C(=O)N1CCSC(C)(C)C1.Cl. The summed E-state index contributed by atoms with van der Waals surface area (Å²) in [6.07, 6.45) is 0.781. The van der Waals surface area contributed by atoms with Gasteiger partial charge in [0.2, 0.25) is 5.91 Å². The number of halogens is 1. The van der Waals surface area contributed by atoms with Crippen LogP contribution in [-0.4, -0.2) is 40.4 Å². The molecule has 0 radical (unpaired) electrons. The summed E-state index contributed by atoms with van der Waals surface area (Å²) in [5, 5.41) is 0. The number of amides is 1. The van der Waals surface area contributed by atoms with Crippen molar-refractivity contribution in [2.75, 3.05) is 18.8 Å². The molecule has 0 aromatic carbocycles. The van der Waals surface area contributed by atoms with Crippen molar-refractivity contribution in [2.24, 2.45) is 11.7 Å². The number of nitrogens with two attached hydrogens (primary N) is 1. The molecule has 1 rings (SSSR count). The molecule has 0 spiro atoms. The van der Waals surface area contributed by atoms with Gasteiger partial charge in [0.15, 0.2) is 0 Å². The fourth-order valence-corrected chi connectivity index (χ4v) is 3.16. The molecule has 102 valence electrons. The third-order valence-electron chi connectivity index (χ3n) is 2.78. The van der Waals surface area contributed by atoms with Crippen LogP contribution in [-0.2, 0) is 4.79 Å². The Balaban J connectivity index is 0.00000256. The molecule has 5 heteroatoms. The van der Waals surface area contributed by atoms with Gasteiger partial charge in [-0.2, -0.15) is 11.8 Å². The van der Waals surface area contributed by atoms with Crippen LogP contribution in [0.3, 0.4) is 0 Å². The molecule has 1 aliphatic heterocycles. The molecule has 0 unspecified atom stereocenters. The van der Waals surface area contributed by atoms with Gasteiger partial charge in [0.1, 0.15) is 0 Å². The predicted molar refractivity (Wildman–Crippen MR) is 77.8 cm³/mol. The molecule has 0 bridgehead atoms. The summed E-state index contributed by atoms with van der Waals surface area (Å²) in [5.41, 5.74) is 5.94. The number of carbonyl (C=O) groups excluding carboxylic acids is 1. The van der Waals surface area contributed by atoms with E-state index in [1.807, 2.05) is 16.7 Å². The molecule has 1 amide bonds. The van der Waals surface area contributed by atoms with Gasteiger partial charge < -0.3 is 10.6 Å². The second-order valence-electron chi connectivity index (χ2n) is 5.60. The van der Waals surface area contributed by atoms with E-state index < -0.39 is 0 Å². The van der Waals surface area contributed by atoms with Crippen molar-refractivity contribution >= 4 is 30.1 Å². The Kier molecular flexibility index (Phi) is 6.89. The maximum absolute atomic E-state index is 12.1. The minimum atomic E-state index is -0.320. The molecule has 1 atom stereocenters. The minimum Gasteiger partial charge on any atom is -0.339 e. The van der Waals surface area contributed by atoms with Crippen LogP contribution in [0.2, 0.25) is 0 Å². The first-order chi connectivity index (χ1) is 7.32. The topological polar surface area (TPSA) is 46.3 Å².